The topological polar surface area (TPSA) is 76.1 Å². The maximum Gasteiger partial charge on any atom is 0.276 e. The molecular formula is C15H14N4O2S2. The normalized spacial score (nSPS) is 14.0. The van der Waals surface area contributed by atoms with Crippen LogP contribution in [0.1, 0.15) is 23.3 Å². The van der Waals surface area contributed by atoms with E-state index in [0.29, 0.717) is 16.9 Å². The number of nitrogens with one attached hydrogen (secondary N) is 2. The summed E-state index contributed by atoms with van der Waals surface area (Å²) in [5.74, 6) is 0.533. The average Bonchev–Trinajstić information content (AvgIpc) is 3.08. The Morgan fingerprint density at radius 1 is 1.30 bits per heavy atom. The van der Waals surface area contributed by atoms with Gasteiger partial charge in [-0.15, -0.1) is 11.3 Å². The molecule has 1 aromatic carbocycles. The Balaban J connectivity index is 1.50. The molecule has 0 radical (unpaired) electrons. The van der Waals surface area contributed by atoms with Gasteiger partial charge in [0.25, 0.3) is 5.91 Å². The summed E-state index contributed by atoms with van der Waals surface area (Å²) < 4.78 is 6.16. The van der Waals surface area contributed by atoms with E-state index in [4.69, 9.17) is 4.74 Å². The number of fused-ring (bicyclic) bond motifs is 1. The second-order valence-electron chi connectivity index (χ2n) is 5.26. The number of amides is 1. The fourth-order valence-corrected chi connectivity index (χ4v) is 3.75. The van der Waals surface area contributed by atoms with Crippen molar-refractivity contribution in [2.24, 2.45) is 0 Å². The van der Waals surface area contributed by atoms with E-state index in [-0.39, 0.29) is 5.91 Å². The second-order valence-corrected chi connectivity index (χ2v) is 7.15. The van der Waals surface area contributed by atoms with Crippen molar-refractivity contribution < 1.29 is 9.53 Å². The van der Waals surface area contributed by atoms with Crippen LogP contribution in [0.15, 0.2) is 23.6 Å². The molecule has 0 bridgehead atoms. The molecule has 2 heterocycles. The Labute approximate surface area is 140 Å². The number of carbonyl (C=O) groups is 1. The van der Waals surface area contributed by atoms with Crippen LogP contribution in [0.25, 0.3) is 10.2 Å². The molecular weight excluding hydrogens is 332 g/mol. The fraction of sp³-hybridized carbons (Fsp3) is 0.267. The van der Waals surface area contributed by atoms with E-state index in [0.717, 1.165) is 21.1 Å². The van der Waals surface area contributed by atoms with Crippen LogP contribution >= 0.6 is 22.7 Å². The maximum absolute atomic E-state index is 12.3. The molecule has 8 heteroatoms. The van der Waals surface area contributed by atoms with Gasteiger partial charge in [0.2, 0.25) is 0 Å². The Bertz CT molecular complexity index is 869. The summed E-state index contributed by atoms with van der Waals surface area (Å²) in [6, 6.07) is 6.16. The summed E-state index contributed by atoms with van der Waals surface area (Å²) in [4.78, 5) is 21.0. The molecule has 0 saturated heterocycles. The number of rotatable bonds is 5. The molecule has 2 aromatic heterocycles. The molecule has 1 aliphatic carbocycles. The standard InChI is InChI=1S/C15H14N4O2S2/c1-21-9-4-5-10-12(6-9)23-15(17-10)19-13(20)11-7-22-14(18-11)16-8-2-3-8/h4-8H,2-3H2,1H3,(H,16,18)(H,17,19,20). The minimum absolute atomic E-state index is 0.240. The summed E-state index contributed by atoms with van der Waals surface area (Å²) in [7, 11) is 1.63. The van der Waals surface area contributed by atoms with Gasteiger partial charge in [-0.25, -0.2) is 9.97 Å². The van der Waals surface area contributed by atoms with E-state index >= 15 is 0 Å². The average molecular weight is 346 g/mol. The summed E-state index contributed by atoms with van der Waals surface area (Å²) >= 11 is 2.86. The third-order valence-corrected chi connectivity index (χ3v) is 5.16. The van der Waals surface area contributed by atoms with Crippen molar-refractivity contribution in [3.8, 4) is 5.75 Å². The molecule has 1 saturated carbocycles. The minimum Gasteiger partial charge on any atom is -0.497 e. The van der Waals surface area contributed by atoms with E-state index < -0.39 is 0 Å². The predicted octanol–water partition coefficient (Wildman–Crippen LogP) is 3.59. The molecule has 0 unspecified atom stereocenters. The SMILES string of the molecule is COc1ccc2nc(NC(=O)c3csc(NC4CC4)n3)sc2c1. The van der Waals surface area contributed by atoms with Gasteiger partial charge >= 0.3 is 0 Å². The number of carbonyl (C=O) groups excluding carboxylic acids is 1. The van der Waals surface area contributed by atoms with E-state index in [2.05, 4.69) is 20.6 Å². The van der Waals surface area contributed by atoms with Crippen molar-refractivity contribution in [2.45, 2.75) is 18.9 Å². The van der Waals surface area contributed by atoms with Gasteiger partial charge < -0.3 is 10.1 Å². The first-order valence-corrected chi connectivity index (χ1v) is 8.89. The molecule has 3 aromatic rings. The molecule has 1 aliphatic rings. The molecule has 1 amide bonds. The van der Waals surface area contributed by atoms with Crippen molar-refractivity contribution >= 4 is 49.1 Å². The van der Waals surface area contributed by atoms with Crippen LogP contribution in [-0.4, -0.2) is 29.0 Å². The number of nitrogens with zero attached hydrogens (tertiary/aromatic N) is 2. The second kappa shape index (κ2) is 5.78. The summed E-state index contributed by atoms with van der Waals surface area (Å²) in [5.41, 5.74) is 1.25. The van der Waals surface area contributed by atoms with Crippen LogP contribution in [-0.2, 0) is 0 Å². The predicted molar refractivity (Wildman–Crippen MR) is 92.9 cm³/mol. The van der Waals surface area contributed by atoms with Gasteiger partial charge in [-0.3, -0.25) is 10.1 Å². The maximum atomic E-state index is 12.3. The Morgan fingerprint density at radius 2 is 2.17 bits per heavy atom. The highest BCUT2D eigenvalue weighted by Gasteiger charge is 2.22. The van der Waals surface area contributed by atoms with Crippen LogP contribution < -0.4 is 15.4 Å². The van der Waals surface area contributed by atoms with Gasteiger partial charge in [0.05, 0.1) is 17.3 Å². The molecule has 2 N–H and O–H groups in total. The quantitative estimate of drug-likeness (QED) is 0.738. The zero-order chi connectivity index (χ0) is 15.8. The lowest BCUT2D eigenvalue weighted by Crippen LogP contribution is -2.12. The number of benzene rings is 1. The number of thiazole rings is 2. The van der Waals surface area contributed by atoms with Gasteiger partial charge in [0.15, 0.2) is 10.3 Å². The first kappa shape index (κ1) is 14.4. The highest BCUT2D eigenvalue weighted by molar-refractivity contribution is 7.22. The van der Waals surface area contributed by atoms with Gasteiger partial charge in [-0.05, 0) is 31.0 Å². The molecule has 118 valence electrons. The summed E-state index contributed by atoms with van der Waals surface area (Å²) in [6.07, 6.45) is 2.35. The highest BCUT2D eigenvalue weighted by Crippen LogP contribution is 2.30. The Kier molecular flexibility index (Phi) is 3.62. The zero-order valence-electron chi connectivity index (χ0n) is 12.3. The van der Waals surface area contributed by atoms with Crippen molar-refractivity contribution in [3.05, 3.63) is 29.3 Å². The largest absolute Gasteiger partial charge is 0.497 e. The number of hydrogen-bond acceptors (Lipinski definition) is 7. The number of aromatic nitrogens is 2. The molecule has 4 rings (SSSR count). The van der Waals surface area contributed by atoms with E-state index in [1.54, 1.807) is 12.5 Å². The lowest BCUT2D eigenvalue weighted by molar-refractivity contribution is 0.102. The first-order valence-electron chi connectivity index (χ1n) is 7.19. The van der Waals surface area contributed by atoms with Crippen LogP contribution in [0.2, 0.25) is 0 Å². The molecule has 0 spiro atoms. The number of anilines is 2. The monoisotopic (exact) mass is 346 g/mol. The Morgan fingerprint density at radius 3 is 2.96 bits per heavy atom. The van der Waals surface area contributed by atoms with E-state index in [1.165, 1.54) is 35.5 Å². The molecule has 23 heavy (non-hydrogen) atoms. The number of hydrogen-bond donors (Lipinski definition) is 2. The summed E-state index contributed by atoms with van der Waals surface area (Å²) in [6.45, 7) is 0. The number of methoxy groups -OCH3 is 1. The van der Waals surface area contributed by atoms with E-state index in [1.807, 2.05) is 18.2 Å². The van der Waals surface area contributed by atoms with Crippen molar-refractivity contribution in [3.63, 3.8) is 0 Å². The van der Waals surface area contributed by atoms with Crippen molar-refractivity contribution in [1.82, 2.24) is 9.97 Å². The lowest BCUT2D eigenvalue weighted by Gasteiger charge is -1.98. The van der Waals surface area contributed by atoms with Crippen LogP contribution in [0.4, 0.5) is 10.3 Å². The molecule has 0 atom stereocenters. The molecule has 6 nitrogen and oxygen atoms in total. The van der Waals surface area contributed by atoms with Crippen LogP contribution in [0, 0.1) is 0 Å². The molecule has 1 fully saturated rings. The highest BCUT2D eigenvalue weighted by atomic mass is 32.1. The van der Waals surface area contributed by atoms with E-state index in [9.17, 15) is 4.79 Å². The molecule has 0 aliphatic heterocycles. The number of ether oxygens (including phenoxy) is 1. The van der Waals surface area contributed by atoms with Gasteiger partial charge in [0.1, 0.15) is 11.4 Å². The van der Waals surface area contributed by atoms with Crippen LogP contribution in [0.3, 0.4) is 0 Å². The minimum atomic E-state index is -0.240. The third-order valence-electron chi connectivity index (χ3n) is 3.46. The van der Waals surface area contributed by atoms with Gasteiger partial charge in [0, 0.05) is 11.4 Å². The first-order chi connectivity index (χ1) is 11.2. The fourth-order valence-electron chi connectivity index (χ4n) is 2.09. The van der Waals surface area contributed by atoms with Crippen LogP contribution in [0.5, 0.6) is 5.75 Å². The van der Waals surface area contributed by atoms with Gasteiger partial charge in [-0.1, -0.05) is 11.3 Å². The summed E-state index contributed by atoms with van der Waals surface area (Å²) in [5, 5.41) is 9.22. The zero-order valence-corrected chi connectivity index (χ0v) is 14.0. The van der Waals surface area contributed by atoms with Gasteiger partial charge in [-0.2, -0.15) is 0 Å². The smallest absolute Gasteiger partial charge is 0.276 e. The van der Waals surface area contributed by atoms with Crippen molar-refractivity contribution in [2.75, 3.05) is 17.7 Å². The lowest BCUT2D eigenvalue weighted by atomic mass is 10.3. The van der Waals surface area contributed by atoms with Crippen molar-refractivity contribution in [1.29, 1.82) is 0 Å². The third kappa shape index (κ3) is 3.13. The Hall–Kier alpha value is -2.19.